The number of methoxy groups -OCH3 is 1. The molecule has 5 heteroatoms. The third kappa shape index (κ3) is 2.20. The molecule has 0 aliphatic heterocycles. The Labute approximate surface area is 79.0 Å². The number of esters is 1. The van der Waals surface area contributed by atoms with Gasteiger partial charge in [-0.05, 0) is 13.8 Å². The van der Waals surface area contributed by atoms with Crippen LogP contribution < -0.4 is 0 Å². The van der Waals surface area contributed by atoms with Gasteiger partial charge in [-0.2, -0.15) is 0 Å². The van der Waals surface area contributed by atoms with E-state index in [0.717, 1.165) is 0 Å². The minimum absolute atomic E-state index is 0.586. The maximum atomic E-state index is 11.0. The van der Waals surface area contributed by atoms with Crippen molar-refractivity contribution in [3.05, 3.63) is 0 Å². The Morgan fingerprint density at radius 3 is 2.25 bits per heavy atom. The molecule has 2 atom stereocenters. The molecule has 0 aromatic carbocycles. The van der Waals surface area contributed by atoms with E-state index in [2.05, 4.69) is 20.7 Å². The van der Waals surface area contributed by atoms with Crippen LogP contribution in [0.3, 0.4) is 0 Å². The summed E-state index contributed by atoms with van der Waals surface area (Å²) in [5, 5.41) is 8.62. The monoisotopic (exact) mass is 238 g/mol. The maximum Gasteiger partial charge on any atom is 0.323 e. The first-order valence-corrected chi connectivity index (χ1v) is 4.13. The van der Waals surface area contributed by atoms with E-state index < -0.39 is 22.2 Å². The molecule has 0 saturated heterocycles. The SMILES string of the molecule is COC(=O)[C@@](C)(Br)[C@@H](C)C(=O)O. The maximum absolute atomic E-state index is 11.0. The van der Waals surface area contributed by atoms with Gasteiger partial charge < -0.3 is 9.84 Å². The van der Waals surface area contributed by atoms with Gasteiger partial charge in [0.2, 0.25) is 0 Å². The van der Waals surface area contributed by atoms with Crippen molar-refractivity contribution < 1.29 is 19.4 Å². The fourth-order valence-corrected chi connectivity index (χ4v) is 0.966. The third-order valence-electron chi connectivity index (χ3n) is 1.77. The fourth-order valence-electron chi connectivity index (χ4n) is 0.608. The summed E-state index contributed by atoms with van der Waals surface area (Å²) in [7, 11) is 1.22. The molecule has 0 fully saturated rings. The van der Waals surface area contributed by atoms with Gasteiger partial charge in [-0.1, -0.05) is 15.9 Å². The molecule has 0 aliphatic carbocycles. The average Bonchev–Trinajstić information content (AvgIpc) is 2.01. The number of rotatable bonds is 3. The number of carbonyl (C=O) groups is 2. The Balaban J connectivity index is 4.60. The molecule has 70 valence electrons. The molecule has 0 amide bonds. The van der Waals surface area contributed by atoms with E-state index >= 15 is 0 Å². The first kappa shape index (κ1) is 11.4. The van der Waals surface area contributed by atoms with Crippen LogP contribution in [0.25, 0.3) is 0 Å². The van der Waals surface area contributed by atoms with Crippen molar-refractivity contribution >= 4 is 27.9 Å². The minimum Gasteiger partial charge on any atom is -0.481 e. The van der Waals surface area contributed by atoms with Crippen LogP contribution in [0.15, 0.2) is 0 Å². The molecule has 12 heavy (non-hydrogen) atoms. The Kier molecular flexibility index (Phi) is 3.70. The molecule has 4 nitrogen and oxygen atoms in total. The Bertz CT molecular complexity index is 200. The van der Waals surface area contributed by atoms with Crippen LogP contribution in [-0.4, -0.2) is 28.5 Å². The van der Waals surface area contributed by atoms with Gasteiger partial charge in [0.25, 0.3) is 0 Å². The normalized spacial score (nSPS) is 17.7. The van der Waals surface area contributed by atoms with Crippen molar-refractivity contribution in [1.29, 1.82) is 0 Å². The molecule has 0 aromatic heterocycles. The van der Waals surface area contributed by atoms with Crippen LogP contribution in [0, 0.1) is 5.92 Å². The van der Waals surface area contributed by atoms with Crippen LogP contribution in [-0.2, 0) is 14.3 Å². The van der Waals surface area contributed by atoms with Crippen molar-refractivity contribution in [3.63, 3.8) is 0 Å². The highest BCUT2D eigenvalue weighted by Gasteiger charge is 2.41. The van der Waals surface area contributed by atoms with Crippen LogP contribution in [0.5, 0.6) is 0 Å². The van der Waals surface area contributed by atoms with E-state index in [4.69, 9.17) is 5.11 Å². The number of hydrogen-bond donors (Lipinski definition) is 1. The number of ether oxygens (including phenoxy) is 1. The van der Waals surface area contributed by atoms with E-state index in [9.17, 15) is 9.59 Å². The highest BCUT2D eigenvalue weighted by molar-refractivity contribution is 9.10. The lowest BCUT2D eigenvalue weighted by molar-refractivity contribution is -0.151. The van der Waals surface area contributed by atoms with E-state index in [1.54, 1.807) is 0 Å². The summed E-state index contributed by atoms with van der Waals surface area (Å²) in [6, 6.07) is 0. The van der Waals surface area contributed by atoms with Gasteiger partial charge >= 0.3 is 11.9 Å². The summed E-state index contributed by atoms with van der Waals surface area (Å²) in [6.45, 7) is 2.91. The van der Waals surface area contributed by atoms with Gasteiger partial charge in [-0.15, -0.1) is 0 Å². The molecule has 0 spiro atoms. The molecule has 0 rings (SSSR count). The van der Waals surface area contributed by atoms with Gasteiger partial charge in [-0.25, -0.2) is 0 Å². The van der Waals surface area contributed by atoms with Crippen molar-refractivity contribution in [1.82, 2.24) is 0 Å². The number of carboxylic acid groups (broad SMARTS) is 1. The van der Waals surface area contributed by atoms with Gasteiger partial charge in [0.05, 0.1) is 13.0 Å². The number of halogens is 1. The molecular formula is C7H11BrO4. The molecule has 0 aliphatic rings. The summed E-state index contributed by atoms with van der Waals surface area (Å²) >= 11 is 3.02. The smallest absolute Gasteiger partial charge is 0.323 e. The first-order chi connectivity index (χ1) is 5.34. The largest absolute Gasteiger partial charge is 0.481 e. The predicted molar refractivity (Wildman–Crippen MR) is 46.1 cm³/mol. The summed E-state index contributed by atoms with van der Waals surface area (Å²) in [6.07, 6.45) is 0. The number of hydrogen-bond acceptors (Lipinski definition) is 3. The number of carbonyl (C=O) groups excluding carboxylic acids is 1. The average molecular weight is 239 g/mol. The van der Waals surface area contributed by atoms with Gasteiger partial charge in [0, 0.05) is 0 Å². The third-order valence-corrected chi connectivity index (χ3v) is 2.78. The lowest BCUT2D eigenvalue weighted by atomic mass is 9.96. The van der Waals surface area contributed by atoms with E-state index in [1.807, 2.05) is 0 Å². The minimum atomic E-state index is -1.16. The summed E-state index contributed by atoms with van der Waals surface area (Å²) < 4.78 is 3.28. The first-order valence-electron chi connectivity index (χ1n) is 3.34. The molecule has 0 saturated carbocycles. The zero-order valence-corrected chi connectivity index (χ0v) is 8.71. The van der Waals surface area contributed by atoms with Crippen molar-refractivity contribution in [2.45, 2.75) is 18.2 Å². The number of alkyl halides is 1. The molecule has 0 unspecified atom stereocenters. The zero-order chi connectivity index (χ0) is 9.94. The van der Waals surface area contributed by atoms with Crippen LogP contribution in [0.1, 0.15) is 13.8 Å². The Morgan fingerprint density at radius 2 is 2.00 bits per heavy atom. The lowest BCUT2D eigenvalue weighted by Crippen LogP contribution is -2.40. The summed E-state index contributed by atoms with van der Waals surface area (Å²) in [5.41, 5.74) is 0. The second-order valence-electron chi connectivity index (χ2n) is 2.63. The van der Waals surface area contributed by atoms with Crippen LogP contribution >= 0.6 is 15.9 Å². The van der Waals surface area contributed by atoms with E-state index in [1.165, 1.54) is 21.0 Å². The molecule has 0 aromatic rings. The van der Waals surface area contributed by atoms with E-state index in [0.29, 0.717) is 0 Å². The highest BCUT2D eigenvalue weighted by atomic mass is 79.9. The second-order valence-corrected chi connectivity index (χ2v) is 4.27. The quantitative estimate of drug-likeness (QED) is 0.590. The fraction of sp³-hybridized carbons (Fsp3) is 0.714. The van der Waals surface area contributed by atoms with Crippen LogP contribution in [0.2, 0.25) is 0 Å². The Hall–Kier alpha value is -0.580. The van der Waals surface area contributed by atoms with Gasteiger partial charge in [0.1, 0.15) is 4.32 Å². The van der Waals surface area contributed by atoms with Crippen molar-refractivity contribution in [2.24, 2.45) is 5.92 Å². The zero-order valence-electron chi connectivity index (χ0n) is 7.13. The van der Waals surface area contributed by atoms with Crippen molar-refractivity contribution in [3.8, 4) is 0 Å². The second kappa shape index (κ2) is 3.89. The topological polar surface area (TPSA) is 63.6 Å². The number of aliphatic carboxylic acids is 1. The summed E-state index contributed by atoms with van der Waals surface area (Å²) in [5.74, 6) is -2.46. The standard InChI is InChI=1S/C7H11BrO4/c1-4(5(9)10)7(2,8)6(11)12-3/h4H,1-3H3,(H,9,10)/t4-,7-/m0/s1. The molecule has 0 heterocycles. The van der Waals surface area contributed by atoms with Gasteiger partial charge in [0.15, 0.2) is 0 Å². The lowest BCUT2D eigenvalue weighted by Gasteiger charge is -2.23. The molecule has 1 N–H and O–H groups in total. The molecule has 0 bridgehead atoms. The Morgan fingerprint density at radius 1 is 1.58 bits per heavy atom. The van der Waals surface area contributed by atoms with Crippen LogP contribution in [0.4, 0.5) is 0 Å². The molecular weight excluding hydrogens is 228 g/mol. The van der Waals surface area contributed by atoms with E-state index in [-0.39, 0.29) is 0 Å². The predicted octanol–water partition coefficient (Wildman–Crippen LogP) is 1.03. The molecule has 0 radical (unpaired) electrons. The number of carboxylic acids is 1. The van der Waals surface area contributed by atoms with Crippen molar-refractivity contribution in [2.75, 3.05) is 7.11 Å². The summed E-state index contributed by atoms with van der Waals surface area (Å²) in [4.78, 5) is 21.6. The highest BCUT2D eigenvalue weighted by Crippen LogP contribution is 2.28. The van der Waals surface area contributed by atoms with Gasteiger partial charge in [-0.3, -0.25) is 9.59 Å².